The van der Waals surface area contributed by atoms with E-state index in [2.05, 4.69) is 21.3 Å². The van der Waals surface area contributed by atoms with Gasteiger partial charge < -0.3 is 15.3 Å². The van der Waals surface area contributed by atoms with Crippen molar-refractivity contribution in [3.05, 3.63) is 22.9 Å². The number of β-amino-alcohol motifs (C(OH)–C–C–N with tert-alkyl or cyclic N) is 1. The molecule has 0 aliphatic carbocycles. The monoisotopic (exact) mass is 318 g/mol. The molecule has 2 heterocycles. The first kappa shape index (κ1) is 18.9. The number of anilines is 1. The predicted molar refractivity (Wildman–Crippen MR) is 84.0 cm³/mol. The second kappa shape index (κ2) is 8.28. The number of nitrogens with one attached hydrogen (secondary N) is 1. The number of pyridine rings is 1. The van der Waals surface area contributed by atoms with Crippen molar-refractivity contribution in [1.82, 2.24) is 10.3 Å². The van der Waals surface area contributed by atoms with E-state index in [1.165, 1.54) is 0 Å². The van der Waals surface area contributed by atoms with Crippen LogP contribution in [0.15, 0.2) is 6.07 Å². The lowest BCUT2D eigenvalue weighted by Crippen LogP contribution is -2.33. The molecule has 0 radical (unpaired) electrons. The Morgan fingerprint density at radius 1 is 1.45 bits per heavy atom. The molecule has 20 heavy (non-hydrogen) atoms. The van der Waals surface area contributed by atoms with E-state index in [9.17, 15) is 5.11 Å². The normalized spacial score (nSPS) is 18.3. The second-order valence-electron chi connectivity index (χ2n) is 4.67. The van der Waals surface area contributed by atoms with Crippen LogP contribution in [0.25, 0.3) is 0 Å². The molecule has 1 atom stereocenters. The van der Waals surface area contributed by atoms with E-state index in [1.54, 1.807) is 0 Å². The van der Waals surface area contributed by atoms with Crippen molar-refractivity contribution in [3.8, 4) is 6.07 Å². The van der Waals surface area contributed by atoms with Gasteiger partial charge in [0.25, 0.3) is 0 Å². The average Bonchev–Trinajstić information content (AvgIpc) is 2.53. The van der Waals surface area contributed by atoms with Crippen molar-refractivity contribution in [2.75, 3.05) is 31.1 Å². The number of aromatic nitrogens is 1. The number of aryl methyl sites for hydroxylation is 2. The number of rotatable bonds is 1. The molecule has 112 valence electrons. The molecule has 0 amide bonds. The first-order valence-electron chi connectivity index (χ1n) is 6.14. The lowest BCUT2D eigenvalue weighted by molar-refractivity contribution is 0.184. The molecular formula is C13H20Cl2N4O. The molecule has 5 nitrogen and oxygen atoms in total. The lowest BCUT2D eigenvalue weighted by atomic mass is 10.1. The van der Waals surface area contributed by atoms with Gasteiger partial charge in [0.05, 0.1) is 17.4 Å². The molecule has 0 aromatic carbocycles. The lowest BCUT2D eigenvalue weighted by Gasteiger charge is -2.23. The summed E-state index contributed by atoms with van der Waals surface area (Å²) in [6.07, 6.45) is -0.384. The number of aliphatic hydroxyl groups is 1. The third kappa shape index (κ3) is 4.22. The Balaban J connectivity index is 0.00000180. The Labute approximate surface area is 131 Å². The molecule has 0 spiro atoms. The van der Waals surface area contributed by atoms with Gasteiger partial charge in [-0.25, -0.2) is 4.98 Å². The summed E-state index contributed by atoms with van der Waals surface area (Å²) < 4.78 is 0. The van der Waals surface area contributed by atoms with Crippen LogP contribution >= 0.6 is 24.8 Å². The Bertz CT molecular complexity index is 467. The molecule has 1 aromatic rings. The highest BCUT2D eigenvalue weighted by atomic mass is 35.5. The molecular weight excluding hydrogens is 299 g/mol. The Morgan fingerprint density at radius 3 is 2.75 bits per heavy atom. The Hall–Kier alpha value is -1.06. The van der Waals surface area contributed by atoms with Crippen molar-refractivity contribution >= 4 is 30.6 Å². The zero-order chi connectivity index (χ0) is 13.1. The van der Waals surface area contributed by atoms with Gasteiger partial charge in [-0.1, -0.05) is 0 Å². The Kier molecular flexibility index (Phi) is 7.84. The van der Waals surface area contributed by atoms with Gasteiger partial charge in [-0.05, 0) is 25.5 Å². The molecule has 0 bridgehead atoms. The van der Waals surface area contributed by atoms with E-state index in [1.807, 2.05) is 19.9 Å². The molecule has 7 heteroatoms. The largest absolute Gasteiger partial charge is 0.390 e. The van der Waals surface area contributed by atoms with Crippen LogP contribution in [0.1, 0.15) is 16.8 Å². The highest BCUT2D eigenvalue weighted by Crippen LogP contribution is 2.19. The van der Waals surface area contributed by atoms with Gasteiger partial charge in [0, 0.05) is 26.2 Å². The minimum absolute atomic E-state index is 0. The van der Waals surface area contributed by atoms with E-state index in [-0.39, 0.29) is 30.9 Å². The van der Waals surface area contributed by atoms with Gasteiger partial charge in [0.15, 0.2) is 0 Å². The van der Waals surface area contributed by atoms with Gasteiger partial charge in [-0.3, -0.25) is 0 Å². The van der Waals surface area contributed by atoms with Crippen molar-refractivity contribution in [2.24, 2.45) is 0 Å². The minimum atomic E-state index is -0.384. The fraction of sp³-hybridized carbons (Fsp3) is 0.538. The summed E-state index contributed by atoms with van der Waals surface area (Å²) in [4.78, 5) is 6.53. The summed E-state index contributed by atoms with van der Waals surface area (Å²) in [5.41, 5.74) is 2.33. The van der Waals surface area contributed by atoms with Crippen molar-refractivity contribution in [1.29, 1.82) is 5.26 Å². The van der Waals surface area contributed by atoms with E-state index in [0.29, 0.717) is 18.7 Å². The summed E-state index contributed by atoms with van der Waals surface area (Å²) in [5.74, 6) is 0.840. The molecule has 1 unspecified atom stereocenters. The molecule has 0 saturated carbocycles. The molecule has 1 aliphatic heterocycles. The summed E-state index contributed by atoms with van der Waals surface area (Å²) in [5, 5.41) is 22.0. The number of hydrogen-bond donors (Lipinski definition) is 2. The van der Waals surface area contributed by atoms with Gasteiger partial charge in [-0.2, -0.15) is 5.26 Å². The third-order valence-corrected chi connectivity index (χ3v) is 3.19. The molecule has 1 aromatic heterocycles. The molecule has 2 N–H and O–H groups in total. The summed E-state index contributed by atoms with van der Waals surface area (Å²) in [6, 6.07) is 4.09. The quantitative estimate of drug-likeness (QED) is 0.813. The van der Waals surface area contributed by atoms with Gasteiger partial charge in [0.2, 0.25) is 0 Å². The number of hydrogen-bond acceptors (Lipinski definition) is 5. The average molecular weight is 319 g/mol. The molecule has 1 aliphatic rings. The van der Waals surface area contributed by atoms with E-state index < -0.39 is 0 Å². The first-order valence-corrected chi connectivity index (χ1v) is 6.14. The van der Waals surface area contributed by atoms with Gasteiger partial charge >= 0.3 is 0 Å². The zero-order valence-electron chi connectivity index (χ0n) is 11.6. The SMILES string of the molecule is Cc1cc(N2CCNCC(O)C2)nc(C)c1C#N.Cl.Cl. The smallest absolute Gasteiger partial charge is 0.129 e. The van der Waals surface area contributed by atoms with Crippen LogP contribution in [0.5, 0.6) is 0 Å². The topological polar surface area (TPSA) is 72.2 Å². The van der Waals surface area contributed by atoms with Crippen LogP contribution in [0.3, 0.4) is 0 Å². The van der Waals surface area contributed by atoms with E-state index in [4.69, 9.17) is 5.26 Å². The number of nitriles is 1. The standard InChI is InChI=1S/C13H18N4O.2ClH/c1-9-5-13(16-10(2)12(9)6-14)17-4-3-15-7-11(18)8-17;;/h5,11,15,18H,3-4,7-8H2,1-2H3;2*1H. The zero-order valence-corrected chi connectivity index (χ0v) is 13.2. The highest BCUT2D eigenvalue weighted by Gasteiger charge is 2.18. The summed E-state index contributed by atoms with van der Waals surface area (Å²) in [6.45, 7) is 6.60. The number of aliphatic hydroxyl groups excluding tert-OH is 1. The number of halogens is 2. The third-order valence-electron chi connectivity index (χ3n) is 3.19. The second-order valence-corrected chi connectivity index (χ2v) is 4.67. The maximum Gasteiger partial charge on any atom is 0.129 e. The first-order chi connectivity index (χ1) is 8.61. The van der Waals surface area contributed by atoms with Crippen LogP contribution in [-0.2, 0) is 0 Å². The maximum atomic E-state index is 9.78. The highest BCUT2D eigenvalue weighted by molar-refractivity contribution is 5.85. The van der Waals surface area contributed by atoms with Gasteiger partial charge in [-0.15, -0.1) is 24.8 Å². The van der Waals surface area contributed by atoms with Crippen molar-refractivity contribution in [2.45, 2.75) is 20.0 Å². The molecule has 1 saturated heterocycles. The van der Waals surface area contributed by atoms with Crippen molar-refractivity contribution in [3.63, 3.8) is 0 Å². The molecule has 1 fully saturated rings. The van der Waals surface area contributed by atoms with Crippen LogP contribution in [0.2, 0.25) is 0 Å². The maximum absolute atomic E-state index is 9.78. The van der Waals surface area contributed by atoms with Crippen molar-refractivity contribution < 1.29 is 5.11 Å². The minimum Gasteiger partial charge on any atom is -0.390 e. The molecule has 2 rings (SSSR count). The summed E-state index contributed by atoms with van der Waals surface area (Å²) >= 11 is 0. The fourth-order valence-corrected chi connectivity index (χ4v) is 2.24. The predicted octanol–water partition coefficient (Wildman–Crippen LogP) is 1.18. The number of nitrogens with zero attached hydrogens (tertiary/aromatic N) is 3. The van der Waals surface area contributed by atoms with Crippen LogP contribution < -0.4 is 10.2 Å². The van der Waals surface area contributed by atoms with Crippen LogP contribution in [0, 0.1) is 25.2 Å². The Morgan fingerprint density at radius 2 is 2.15 bits per heavy atom. The van der Waals surface area contributed by atoms with Gasteiger partial charge in [0.1, 0.15) is 11.9 Å². The fourth-order valence-electron chi connectivity index (χ4n) is 2.24. The summed E-state index contributed by atoms with van der Waals surface area (Å²) in [7, 11) is 0. The van der Waals surface area contributed by atoms with Crippen LogP contribution in [0.4, 0.5) is 5.82 Å². The van der Waals surface area contributed by atoms with E-state index >= 15 is 0 Å². The van der Waals surface area contributed by atoms with E-state index in [0.717, 1.165) is 30.2 Å². The van der Waals surface area contributed by atoms with Crippen LogP contribution in [-0.4, -0.2) is 42.4 Å².